The van der Waals surface area contributed by atoms with Gasteiger partial charge in [-0.1, -0.05) is 12.1 Å². The molecule has 176 valence electrons. The van der Waals surface area contributed by atoms with Crippen molar-refractivity contribution in [3.05, 3.63) is 95.8 Å². The van der Waals surface area contributed by atoms with Crippen LogP contribution in [0.5, 0.6) is 0 Å². The van der Waals surface area contributed by atoms with E-state index in [-0.39, 0.29) is 5.91 Å². The zero-order chi connectivity index (χ0) is 24.0. The van der Waals surface area contributed by atoms with Crippen LogP contribution in [-0.4, -0.2) is 33.4 Å². The number of hydrogen-bond acceptors (Lipinski definition) is 5. The number of amides is 1. The maximum Gasteiger partial charge on any atom is 0.289 e. The van der Waals surface area contributed by atoms with Gasteiger partial charge in [-0.2, -0.15) is 5.26 Å². The number of piperidine rings is 1. The summed E-state index contributed by atoms with van der Waals surface area (Å²) in [6, 6.07) is 21.4. The highest BCUT2D eigenvalue weighted by Gasteiger charge is 2.21. The topological polar surface area (TPSA) is 87.1 Å². The number of likely N-dealkylation sites (tertiary alicyclic amines) is 1. The molecule has 0 aliphatic carbocycles. The van der Waals surface area contributed by atoms with Gasteiger partial charge in [-0.3, -0.25) is 4.79 Å². The highest BCUT2D eigenvalue weighted by atomic mass is 16.4. The third-order valence-corrected chi connectivity index (χ3v) is 6.34. The van der Waals surface area contributed by atoms with E-state index in [2.05, 4.69) is 20.9 Å². The largest absolute Gasteiger partial charge is 0.451 e. The number of nitrogens with zero attached hydrogens (tertiary/aromatic N) is 4. The van der Waals surface area contributed by atoms with Crippen LogP contribution >= 0.6 is 0 Å². The minimum absolute atomic E-state index is 0.0214. The minimum Gasteiger partial charge on any atom is -0.451 e. The Hall–Kier alpha value is -4.31. The average molecular weight is 466 g/mol. The summed E-state index contributed by atoms with van der Waals surface area (Å²) in [7, 11) is 0. The lowest BCUT2D eigenvalue weighted by Gasteiger charge is -2.25. The highest BCUT2D eigenvalue weighted by molar-refractivity contribution is 5.92. The quantitative estimate of drug-likeness (QED) is 0.400. The minimum atomic E-state index is -0.0214. The fraction of sp³-hybridized carbons (Fsp3) is 0.250. The van der Waals surface area contributed by atoms with Gasteiger partial charge >= 0.3 is 0 Å². The molecule has 1 fully saturated rings. The summed E-state index contributed by atoms with van der Waals surface area (Å²) in [6.07, 6.45) is 6.98. The summed E-state index contributed by atoms with van der Waals surface area (Å²) in [4.78, 5) is 18.8. The van der Waals surface area contributed by atoms with Crippen molar-refractivity contribution in [2.75, 3.05) is 18.4 Å². The highest BCUT2D eigenvalue weighted by Crippen LogP contribution is 2.25. The molecular formula is C28H27N5O2. The number of carbonyl (C=O) groups excluding carboxylic acids is 1. The number of aromatic nitrogens is 2. The van der Waals surface area contributed by atoms with Crippen molar-refractivity contribution in [1.29, 1.82) is 5.26 Å². The van der Waals surface area contributed by atoms with E-state index in [9.17, 15) is 4.79 Å². The van der Waals surface area contributed by atoms with Gasteiger partial charge in [0.2, 0.25) is 0 Å². The molecule has 5 rings (SSSR count). The molecule has 0 saturated carbocycles. The van der Waals surface area contributed by atoms with Crippen LogP contribution in [0.1, 0.15) is 46.6 Å². The third-order valence-electron chi connectivity index (χ3n) is 6.34. The maximum atomic E-state index is 12.7. The van der Waals surface area contributed by atoms with Gasteiger partial charge in [-0.05, 0) is 73.4 Å². The summed E-state index contributed by atoms with van der Waals surface area (Å²) in [6.45, 7) is 2.94. The fourth-order valence-electron chi connectivity index (χ4n) is 4.32. The van der Waals surface area contributed by atoms with Crippen LogP contribution in [0.3, 0.4) is 0 Å². The fourth-order valence-corrected chi connectivity index (χ4v) is 4.32. The molecule has 1 aliphatic rings. The molecule has 3 heterocycles. The molecule has 0 atom stereocenters. The Bertz CT molecular complexity index is 1320. The Morgan fingerprint density at radius 2 is 1.77 bits per heavy atom. The molecule has 1 saturated heterocycles. The molecule has 0 bridgehead atoms. The molecule has 2 aromatic heterocycles. The van der Waals surface area contributed by atoms with E-state index in [0.717, 1.165) is 48.4 Å². The SMILES string of the molecule is N#Cc1ccc(Cn2cncc2CNc2ccc(-c3ccc(C(=O)N4CCCCC4)o3)cc2)cc1. The van der Waals surface area contributed by atoms with E-state index in [1.165, 1.54) is 6.42 Å². The van der Waals surface area contributed by atoms with Gasteiger partial charge in [0.25, 0.3) is 5.91 Å². The van der Waals surface area contributed by atoms with Crippen LogP contribution in [0.25, 0.3) is 11.3 Å². The molecule has 35 heavy (non-hydrogen) atoms. The lowest BCUT2D eigenvalue weighted by molar-refractivity contribution is 0.0693. The number of nitriles is 1. The second kappa shape index (κ2) is 10.3. The van der Waals surface area contributed by atoms with Crippen LogP contribution < -0.4 is 5.32 Å². The number of carbonyl (C=O) groups is 1. The van der Waals surface area contributed by atoms with Crippen molar-refractivity contribution in [2.24, 2.45) is 0 Å². The van der Waals surface area contributed by atoms with Crippen LogP contribution in [0.15, 0.2) is 77.6 Å². The Balaban J connectivity index is 1.19. The zero-order valence-corrected chi connectivity index (χ0v) is 19.5. The van der Waals surface area contributed by atoms with Crippen LogP contribution in [-0.2, 0) is 13.1 Å². The molecule has 1 amide bonds. The molecule has 0 radical (unpaired) electrons. The second-order valence-electron chi connectivity index (χ2n) is 8.77. The smallest absolute Gasteiger partial charge is 0.289 e. The van der Waals surface area contributed by atoms with Gasteiger partial charge in [0.15, 0.2) is 5.76 Å². The first-order chi connectivity index (χ1) is 17.2. The van der Waals surface area contributed by atoms with Crippen molar-refractivity contribution < 1.29 is 9.21 Å². The van der Waals surface area contributed by atoms with Crippen LogP contribution in [0.2, 0.25) is 0 Å². The summed E-state index contributed by atoms with van der Waals surface area (Å²) in [5, 5.41) is 12.4. The van der Waals surface area contributed by atoms with Gasteiger partial charge in [-0.15, -0.1) is 0 Å². The number of hydrogen-bond donors (Lipinski definition) is 1. The molecule has 2 aromatic carbocycles. The lowest BCUT2D eigenvalue weighted by atomic mass is 10.1. The summed E-state index contributed by atoms with van der Waals surface area (Å²) < 4.78 is 7.98. The molecular weight excluding hydrogens is 438 g/mol. The van der Waals surface area contributed by atoms with Crippen molar-refractivity contribution in [1.82, 2.24) is 14.5 Å². The maximum absolute atomic E-state index is 12.7. The molecule has 0 unspecified atom stereocenters. The second-order valence-corrected chi connectivity index (χ2v) is 8.77. The first kappa shape index (κ1) is 22.5. The van der Waals surface area contributed by atoms with Gasteiger partial charge in [0, 0.05) is 37.1 Å². The predicted octanol–water partition coefficient (Wildman–Crippen LogP) is 5.30. The van der Waals surface area contributed by atoms with Crippen molar-refractivity contribution in [3.8, 4) is 17.4 Å². The van der Waals surface area contributed by atoms with E-state index in [4.69, 9.17) is 9.68 Å². The van der Waals surface area contributed by atoms with E-state index < -0.39 is 0 Å². The first-order valence-corrected chi connectivity index (χ1v) is 11.9. The summed E-state index contributed by atoms with van der Waals surface area (Å²) >= 11 is 0. The molecule has 1 N–H and O–H groups in total. The Labute approximate surface area is 204 Å². The standard InChI is InChI=1S/C28H27N5O2/c29-16-21-4-6-22(7-5-21)19-33-20-30-17-25(33)18-31-24-10-8-23(9-11-24)26-12-13-27(35-26)28(34)32-14-2-1-3-15-32/h4-13,17,20,31H,1-3,14-15,18-19H2. The zero-order valence-electron chi connectivity index (χ0n) is 19.5. The normalized spacial score (nSPS) is 13.4. The van der Waals surface area contributed by atoms with E-state index >= 15 is 0 Å². The molecule has 0 spiro atoms. The number of anilines is 1. The van der Waals surface area contributed by atoms with Gasteiger partial charge in [0.1, 0.15) is 5.76 Å². The van der Waals surface area contributed by atoms with Gasteiger partial charge in [0.05, 0.1) is 30.2 Å². The van der Waals surface area contributed by atoms with Gasteiger partial charge < -0.3 is 19.2 Å². The molecule has 7 heteroatoms. The van der Waals surface area contributed by atoms with Crippen molar-refractivity contribution in [3.63, 3.8) is 0 Å². The Kier molecular flexibility index (Phi) is 6.62. The molecule has 1 aliphatic heterocycles. The number of rotatable bonds is 7. The number of benzene rings is 2. The third kappa shape index (κ3) is 5.28. The van der Waals surface area contributed by atoms with E-state index in [1.807, 2.05) is 72.0 Å². The number of imidazole rings is 1. The molecule has 7 nitrogen and oxygen atoms in total. The average Bonchev–Trinajstić information content (AvgIpc) is 3.58. The van der Waals surface area contributed by atoms with Gasteiger partial charge in [-0.25, -0.2) is 4.98 Å². The lowest BCUT2D eigenvalue weighted by Crippen LogP contribution is -2.35. The van der Waals surface area contributed by atoms with Crippen LogP contribution in [0, 0.1) is 11.3 Å². The Morgan fingerprint density at radius 1 is 1.00 bits per heavy atom. The van der Waals surface area contributed by atoms with Crippen molar-refractivity contribution >= 4 is 11.6 Å². The number of nitrogens with one attached hydrogen (secondary N) is 1. The molecule has 4 aromatic rings. The predicted molar refractivity (Wildman–Crippen MR) is 134 cm³/mol. The van der Waals surface area contributed by atoms with Crippen LogP contribution in [0.4, 0.5) is 5.69 Å². The number of furan rings is 1. The first-order valence-electron chi connectivity index (χ1n) is 11.9. The van der Waals surface area contributed by atoms with Crippen molar-refractivity contribution in [2.45, 2.75) is 32.4 Å². The summed E-state index contributed by atoms with van der Waals surface area (Å²) in [5.74, 6) is 1.07. The van der Waals surface area contributed by atoms with E-state index in [1.54, 1.807) is 6.07 Å². The monoisotopic (exact) mass is 465 g/mol. The Morgan fingerprint density at radius 3 is 2.51 bits per heavy atom. The van der Waals surface area contributed by atoms with E-state index in [0.29, 0.717) is 30.2 Å². The summed E-state index contributed by atoms with van der Waals surface area (Å²) in [5.41, 5.74) is 4.74.